The van der Waals surface area contributed by atoms with Crippen molar-refractivity contribution in [3.63, 3.8) is 0 Å². The van der Waals surface area contributed by atoms with Crippen LogP contribution in [0.2, 0.25) is 0 Å². The van der Waals surface area contributed by atoms with E-state index in [0.29, 0.717) is 29.1 Å². The second-order valence-electron chi connectivity index (χ2n) is 13.8. The van der Waals surface area contributed by atoms with Crippen molar-refractivity contribution in [3.8, 4) is 11.3 Å². The van der Waals surface area contributed by atoms with Crippen LogP contribution >= 0.6 is 0 Å². The number of amides is 2. The third kappa shape index (κ3) is 11.1. The molecule has 14 heteroatoms. The van der Waals surface area contributed by atoms with Crippen LogP contribution in [0, 0.1) is 5.82 Å². The second-order valence-corrected chi connectivity index (χ2v) is 13.8. The van der Waals surface area contributed by atoms with Gasteiger partial charge in [-0.05, 0) is 77.3 Å². The zero-order chi connectivity index (χ0) is 37.1. The highest BCUT2D eigenvalue weighted by atomic mass is 19.1. The Kier molecular flexibility index (Phi) is 12.9. The highest BCUT2D eigenvalue weighted by Gasteiger charge is 2.29. The number of nitrogens with one attached hydrogen (secondary N) is 2. The molecule has 2 aromatic carbocycles. The van der Waals surface area contributed by atoms with Crippen LogP contribution in [0.3, 0.4) is 0 Å². The maximum Gasteiger partial charge on any atom is 0.407 e. The number of unbranched alkanes of at least 4 members (excludes halogenated alkanes) is 3. The number of nitrogens with two attached hydrogens (primary N) is 1. The topological polar surface area (TPSA) is 167 Å². The van der Waals surface area contributed by atoms with Crippen LogP contribution in [0.5, 0.6) is 0 Å². The Bertz CT molecular complexity index is 1790. The Morgan fingerprint density at radius 3 is 2.40 bits per heavy atom. The van der Waals surface area contributed by atoms with Crippen LogP contribution in [0.1, 0.15) is 87.5 Å². The normalized spacial score (nSPS) is 14.4. The van der Waals surface area contributed by atoms with Crippen molar-refractivity contribution in [3.05, 3.63) is 90.3 Å². The van der Waals surface area contributed by atoms with E-state index < -0.39 is 29.4 Å². The van der Waals surface area contributed by atoms with Crippen LogP contribution in [-0.2, 0) is 14.3 Å². The molecule has 276 valence electrons. The number of aromatic nitrogens is 4. The van der Waals surface area contributed by atoms with Crippen molar-refractivity contribution in [2.24, 2.45) is 0 Å². The van der Waals surface area contributed by atoms with Gasteiger partial charge in [-0.1, -0.05) is 43.2 Å². The molecule has 1 saturated heterocycles. The Morgan fingerprint density at radius 1 is 0.981 bits per heavy atom. The number of hydrogen-bond acceptors (Lipinski definition) is 10. The molecule has 1 atom stereocenters. The number of alkyl carbamates (subject to hydrolysis) is 1. The molecule has 52 heavy (non-hydrogen) atoms. The fraction of sp³-hybridized carbons (Fsp3) is 0.421. The summed E-state index contributed by atoms with van der Waals surface area (Å²) in [5.74, 6) is -2.15. The SMILES string of the molecule is CC(C)(C)OC(=O)NCCCCCCN1CCC(n2cc(-c3cnc(N)c(C(=O)O[C@@H](C(=O)Nc4ccc(F)cc4)c4ccccc4)n3)cn2)CC1. The minimum atomic E-state index is -1.34. The molecule has 0 unspecified atom stereocenters. The molecule has 4 aromatic rings. The monoisotopic (exact) mass is 714 g/mol. The number of carbonyl (C=O) groups is 3. The van der Waals surface area contributed by atoms with E-state index in [9.17, 15) is 18.8 Å². The lowest BCUT2D eigenvalue weighted by Crippen LogP contribution is -2.35. The summed E-state index contributed by atoms with van der Waals surface area (Å²) in [7, 11) is 0. The van der Waals surface area contributed by atoms with Crippen molar-refractivity contribution < 1.29 is 28.2 Å². The van der Waals surface area contributed by atoms with E-state index >= 15 is 0 Å². The summed E-state index contributed by atoms with van der Waals surface area (Å²) in [4.78, 5) is 49.6. The summed E-state index contributed by atoms with van der Waals surface area (Å²) < 4.78 is 26.3. The summed E-state index contributed by atoms with van der Waals surface area (Å²) in [5.41, 5.74) is 7.17. The van der Waals surface area contributed by atoms with Gasteiger partial charge in [0.1, 0.15) is 11.4 Å². The van der Waals surface area contributed by atoms with E-state index in [1.807, 2.05) is 31.6 Å². The molecule has 3 heterocycles. The van der Waals surface area contributed by atoms with Crippen molar-refractivity contribution in [2.45, 2.75) is 77.0 Å². The summed E-state index contributed by atoms with van der Waals surface area (Å²) >= 11 is 0. The average molecular weight is 715 g/mol. The van der Waals surface area contributed by atoms with E-state index in [-0.39, 0.29) is 23.6 Å². The van der Waals surface area contributed by atoms with Crippen molar-refractivity contribution in [1.82, 2.24) is 30.0 Å². The molecular weight excluding hydrogens is 667 g/mol. The first-order valence-electron chi connectivity index (χ1n) is 17.6. The van der Waals surface area contributed by atoms with Gasteiger partial charge in [0.2, 0.25) is 6.10 Å². The third-order valence-electron chi connectivity index (χ3n) is 8.57. The Balaban J connectivity index is 1.12. The van der Waals surface area contributed by atoms with Gasteiger partial charge in [0.25, 0.3) is 5.91 Å². The first-order valence-corrected chi connectivity index (χ1v) is 17.6. The maximum absolute atomic E-state index is 13.4. The molecule has 5 rings (SSSR count). The number of esters is 1. The average Bonchev–Trinajstić information content (AvgIpc) is 3.61. The van der Waals surface area contributed by atoms with Crippen molar-refractivity contribution in [2.75, 3.05) is 37.2 Å². The van der Waals surface area contributed by atoms with E-state index in [2.05, 4.69) is 30.6 Å². The molecule has 0 aliphatic carbocycles. The highest BCUT2D eigenvalue weighted by Crippen LogP contribution is 2.27. The minimum Gasteiger partial charge on any atom is -0.444 e. The van der Waals surface area contributed by atoms with Gasteiger partial charge < -0.3 is 30.7 Å². The Labute approximate surface area is 303 Å². The number of nitrogen functional groups attached to an aromatic ring is 1. The summed E-state index contributed by atoms with van der Waals surface area (Å²) in [6.45, 7) is 9.14. The lowest BCUT2D eigenvalue weighted by Gasteiger charge is -2.32. The van der Waals surface area contributed by atoms with Crippen molar-refractivity contribution >= 4 is 29.5 Å². The molecule has 0 bridgehead atoms. The van der Waals surface area contributed by atoms with Gasteiger partial charge in [-0.2, -0.15) is 5.10 Å². The lowest BCUT2D eigenvalue weighted by atomic mass is 10.0. The van der Waals surface area contributed by atoms with Gasteiger partial charge in [-0.3, -0.25) is 9.48 Å². The van der Waals surface area contributed by atoms with E-state index in [1.54, 1.807) is 36.5 Å². The summed E-state index contributed by atoms with van der Waals surface area (Å²) in [5, 5.41) is 10.1. The maximum atomic E-state index is 13.4. The molecule has 1 aliphatic rings. The first kappa shape index (κ1) is 37.9. The molecule has 0 spiro atoms. The smallest absolute Gasteiger partial charge is 0.407 e. The fourth-order valence-corrected chi connectivity index (χ4v) is 5.89. The van der Waals surface area contributed by atoms with E-state index in [1.165, 1.54) is 30.5 Å². The number of likely N-dealkylation sites (tertiary alicyclic amines) is 1. The van der Waals surface area contributed by atoms with Gasteiger partial charge in [0.15, 0.2) is 11.5 Å². The van der Waals surface area contributed by atoms with E-state index in [4.69, 9.17) is 15.2 Å². The highest BCUT2D eigenvalue weighted by molar-refractivity contribution is 5.99. The van der Waals surface area contributed by atoms with Gasteiger partial charge >= 0.3 is 12.1 Å². The summed E-state index contributed by atoms with van der Waals surface area (Å²) in [6.07, 6.45) is 9.43. The number of benzene rings is 2. The van der Waals surface area contributed by atoms with Crippen molar-refractivity contribution in [1.29, 1.82) is 0 Å². The van der Waals surface area contributed by atoms with Crippen LogP contribution in [0.25, 0.3) is 11.3 Å². The molecule has 0 saturated carbocycles. The molecule has 2 amide bonds. The Hall–Kier alpha value is -5.37. The van der Waals surface area contributed by atoms with E-state index in [0.717, 1.165) is 58.2 Å². The van der Waals surface area contributed by atoms with Crippen LogP contribution in [0.15, 0.2) is 73.2 Å². The fourth-order valence-electron chi connectivity index (χ4n) is 5.89. The Morgan fingerprint density at radius 2 is 1.69 bits per heavy atom. The first-order chi connectivity index (χ1) is 24.9. The molecule has 13 nitrogen and oxygen atoms in total. The zero-order valence-corrected chi connectivity index (χ0v) is 29.9. The molecule has 0 radical (unpaired) electrons. The lowest BCUT2D eigenvalue weighted by molar-refractivity contribution is -0.125. The molecule has 1 aliphatic heterocycles. The number of nitrogens with zero attached hydrogens (tertiary/aromatic N) is 5. The second kappa shape index (κ2) is 17.7. The predicted octanol–water partition coefficient (Wildman–Crippen LogP) is 6.32. The quantitative estimate of drug-likeness (QED) is 0.0994. The number of ether oxygens (including phenoxy) is 2. The minimum absolute atomic E-state index is 0.142. The van der Waals surface area contributed by atoms with Gasteiger partial charge in [0.05, 0.1) is 24.1 Å². The van der Waals surface area contributed by atoms with Gasteiger partial charge in [0, 0.05) is 42.6 Å². The van der Waals surface area contributed by atoms with Gasteiger partial charge in [-0.15, -0.1) is 0 Å². The third-order valence-corrected chi connectivity index (χ3v) is 8.57. The number of carbonyl (C=O) groups excluding carboxylic acids is 3. The molecule has 2 aromatic heterocycles. The largest absolute Gasteiger partial charge is 0.444 e. The number of piperidine rings is 1. The number of anilines is 2. The zero-order valence-electron chi connectivity index (χ0n) is 29.9. The van der Waals surface area contributed by atoms with Crippen LogP contribution in [0.4, 0.5) is 20.7 Å². The number of halogens is 1. The van der Waals surface area contributed by atoms with Gasteiger partial charge in [-0.25, -0.2) is 23.9 Å². The number of rotatable bonds is 14. The molecular formula is C38H47FN8O5. The summed E-state index contributed by atoms with van der Waals surface area (Å²) in [6, 6.07) is 14.0. The van der Waals surface area contributed by atoms with Crippen LogP contribution in [-0.4, -0.2) is 74.4 Å². The molecule has 1 fully saturated rings. The number of hydrogen-bond donors (Lipinski definition) is 3. The molecule has 4 N–H and O–H groups in total. The van der Waals surface area contributed by atoms with Crippen LogP contribution < -0.4 is 16.4 Å². The standard InChI is InChI=1S/C38H47FN8O5/c1-38(2,3)52-37(50)41-19-9-4-5-10-20-46-21-17-30(18-22-46)47-25-27(23-43-47)31-24-42-34(40)32(45-31)36(49)51-33(26-11-7-6-8-12-26)35(48)44-29-15-13-28(39)14-16-29/h6-8,11-16,23-25,30,33H,4-5,9-10,17-22H2,1-3H3,(H2,40,42)(H,41,50)(H,44,48)/t33-/m1/s1. The predicted molar refractivity (Wildman–Crippen MR) is 195 cm³/mol.